The summed E-state index contributed by atoms with van der Waals surface area (Å²) in [5, 5.41) is 46.2. The number of aromatic hydroxyl groups is 1. The molecule has 3 atom stereocenters. The summed E-state index contributed by atoms with van der Waals surface area (Å²) >= 11 is 0. The van der Waals surface area contributed by atoms with E-state index in [1.807, 2.05) is 0 Å². The first-order valence-corrected chi connectivity index (χ1v) is 9.05. The highest BCUT2D eigenvalue weighted by Gasteiger charge is 2.64. The van der Waals surface area contributed by atoms with Gasteiger partial charge in [-0.3, -0.25) is 14.4 Å². The number of amides is 1. The van der Waals surface area contributed by atoms with Gasteiger partial charge in [0.15, 0.2) is 11.4 Å². The Hall–Kier alpha value is -3.66. The van der Waals surface area contributed by atoms with Crippen LogP contribution < -0.4 is 5.73 Å². The van der Waals surface area contributed by atoms with E-state index in [4.69, 9.17) is 5.73 Å². The lowest BCUT2D eigenvalue weighted by molar-refractivity contribution is -0.153. The van der Waals surface area contributed by atoms with Crippen LogP contribution >= 0.6 is 0 Å². The minimum atomic E-state index is -2.82. The lowest BCUT2D eigenvalue weighted by Gasteiger charge is -2.45. The summed E-state index contributed by atoms with van der Waals surface area (Å²) in [7, 11) is 1.15. The molecular weight excluding hydrogens is 396 g/mol. The van der Waals surface area contributed by atoms with E-state index in [2.05, 4.69) is 9.99 Å². The third-order valence-corrected chi connectivity index (χ3v) is 5.93. The first-order valence-electron chi connectivity index (χ1n) is 9.05. The Kier molecular flexibility index (Phi) is 4.21. The highest BCUT2D eigenvalue weighted by atomic mass is 16.6. The van der Waals surface area contributed by atoms with E-state index in [0.29, 0.717) is 5.56 Å². The SMILES string of the molecule is CO/N=C1\C(O)=C(C(N)=O)C(=O)[C@@]2(O)C(=O)C3=C(O)c4c(O)cccc4C[C@H]3C[C@@H]12. The fourth-order valence-electron chi connectivity index (χ4n) is 4.63. The van der Waals surface area contributed by atoms with Gasteiger partial charge in [0.05, 0.1) is 11.5 Å². The van der Waals surface area contributed by atoms with Gasteiger partial charge < -0.3 is 31.0 Å². The van der Waals surface area contributed by atoms with Crippen molar-refractivity contribution in [3.63, 3.8) is 0 Å². The number of phenols is 1. The molecule has 10 heteroatoms. The number of nitrogens with zero attached hydrogens (tertiary/aromatic N) is 1. The van der Waals surface area contributed by atoms with Crippen LogP contribution in [-0.4, -0.2) is 56.3 Å². The maximum absolute atomic E-state index is 13.4. The van der Waals surface area contributed by atoms with Crippen molar-refractivity contribution in [3.8, 4) is 5.75 Å². The molecule has 1 saturated carbocycles. The number of fused-ring (bicyclic) bond motifs is 3. The molecule has 1 fully saturated rings. The number of aliphatic hydroxyl groups excluding tert-OH is 2. The van der Waals surface area contributed by atoms with Gasteiger partial charge in [0.1, 0.15) is 29.9 Å². The number of carbonyl (C=O) groups excluding carboxylic acids is 3. The van der Waals surface area contributed by atoms with E-state index in [1.165, 1.54) is 6.07 Å². The maximum atomic E-state index is 13.4. The van der Waals surface area contributed by atoms with Crippen LogP contribution in [0.5, 0.6) is 5.75 Å². The van der Waals surface area contributed by atoms with Crippen LogP contribution in [0.4, 0.5) is 0 Å². The van der Waals surface area contributed by atoms with E-state index in [1.54, 1.807) is 12.1 Å². The number of hydrogen-bond donors (Lipinski definition) is 5. The topological polar surface area (TPSA) is 180 Å². The lowest BCUT2D eigenvalue weighted by Crippen LogP contribution is -2.64. The Morgan fingerprint density at radius 2 is 1.90 bits per heavy atom. The predicted octanol–water partition coefficient (Wildman–Crippen LogP) is 0.0362. The van der Waals surface area contributed by atoms with Crippen molar-refractivity contribution in [3.05, 3.63) is 46.2 Å². The molecule has 10 nitrogen and oxygen atoms in total. The molecule has 0 radical (unpaired) electrons. The largest absolute Gasteiger partial charge is 0.507 e. The third-order valence-electron chi connectivity index (χ3n) is 5.93. The van der Waals surface area contributed by atoms with Gasteiger partial charge >= 0.3 is 0 Å². The molecule has 0 aliphatic heterocycles. The number of primary amides is 1. The Morgan fingerprint density at radius 3 is 2.53 bits per heavy atom. The summed E-state index contributed by atoms with van der Waals surface area (Å²) in [6.45, 7) is 0. The van der Waals surface area contributed by atoms with Crippen molar-refractivity contribution >= 4 is 28.9 Å². The average Bonchev–Trinajstić information content (AvgIpc) is 2.67. The van der Waals surface area contributed by atoms with E-state index in [0.717, 1.165) is 7.11 Å². The molecule has 3 aliphatic carbocycles. The van der Waals surface area contributed by atoms with E-state index in [-0.39, 0.29) is 35.4 Å². The number of rotatable bonds is 2. The van der Waals surface area contributed by atoms with Gasteiger partial charge in [-0.25, -0.2) is 0 Å². The zero-order valence-corrected chi connectivity index (χ0v) is 15.7. The van der Waals surface area contributed by atoms with Crippen LogP contribution in [0.2, 0.25) is 0 Å². The van der Waals surface area contributed by atoms with E-state index in [9.17, 15) is 34.8 Å². The molecule has 0 spiro atoms. The average molecular weight is 414 g/mol. The molecule has 4 rings (SSSR count). The maximum Gasteiger partial charge on any atom is 0.256 e. The van der Waals surface area contributed by atoms with E-state index < -0.39 is 52.0 Å². The zero-order valence-electron chi connectivity index (χ0n) is 15.7. The number of carbonyl (C=O) groups is 3. The molecule has 0 heterocycles. The minimum absolute atomic E-state index is 0.0432. The molecular formula is C20H18N2O8. The van der Waals surface area contributed by atoms with Crippen molar-refractivity contribution in [2.45, 2.75) is 18.4 Å². The van der Waals surface area contributed by atoms with Crippen LogP contribution in [0.25, 0.3) is 5.76 Å². The van der Waals surface area contributed by atoms with Crippen LogP contribution in [-0.2, 0) is 25.6 Å². The summed E-state index contributed by atoms with van der Waals surface area (Å²) in [5.41, 5.74) is 1.40. The molecule has 1 aromatic rings. The summed E-state index contributed by atoms with van der Waals surface area (Å²) < 4.78 is 0. The molecule has 156 valence electrons. The summed E-state index contributed by atoms with van der Waals surface area (Å²) in [4.78, 5) is 42.8. The predicted molar refractivity (Wildman–Crippen MR) is 101 cm³/mol. The first kappa shape index (κ1) is 19.6. The van der Waals surface area contributed by atoms with Crippen LogP contribution in [0.3, 0.4) is 0 Å². The van der Waals surface area contributed by atoms with E-state index >= 15 is 0 Å². The second-order valence-electron chi connectivity index (χ2n) is 7.43. The van der Waals surface area contributed by atoms with Crippen molar-refractivity contribution in [2.24, 2.45) is 22.7 Å². The molecule has 30 heavy (non-hydrogen) atoms. The quantitative estimate of drug-likeness (QED) is 0.255. The number of benzene rings is 1. The number of ketones is 2. The standard InChI is InChI=1S/C20H18N2O8/c1-30-22-14-9-6-8-5-7-3-2-4-10(23)11(7)15(24)12(8)17(26)20(9,29)18(27)13(16(14)25)19(21)28/h2-4,8-9,23-25,29H,5-6H2,1H3,(H2,21,28)/b22-14-/t8-,9-,20-/m0/s1. The van der Waals surface area contributed by atoms with Gasteiger partial charge in [-0.15, -0.1) is 0 Å². The fraction of sp³-hybridized carbons (Fsp3) is 0.300. The highest BCUT2D eigenvalue weighted by Crippen LogP contribution is 2.50. The Labute approximate surface area is 169 Å². The number of hydrogen-bond acceptors (Lipinski definition) is 9. The van der Waals surface area contributed by atoms with Crippen LogP contribution in [0.1, 0.15) is 17.5 Å². The zero-order chi connectivity index (χ0) is 22.0. The second kappa shape index (κ2) is 6.42. The molecule has 6 N–H and O–H groups in total. The summed E-state index contributed by atoms with van der Waals surface area (Å²) in [5.74, 6) is -7.51. The Balaban J connectivity index is 1.97. The third kappa shape index (κ3) is 2.34. The number of Topliss-reactive ketones (excluding diaryl/α,β-unsaturated/α-hetero) is 2. The number of oxime groups is 1. The summed E-state index contributed by atoms with van der Waals surface area (Å²) in [6.07, 6.45) is 0.157. The van der Waals surface area contributed by atoms with Crippen LogP contribution in [0, 0.1) is 11.8 Å². The Morgan fingerprint density at radius 1 is 1.20 bits per heavy atom. The molecule has 1 aromatic carbocycles. The summed E-state index contributed by atoms with van der Waals surface area (Å²) in [6, 6.07) is 4.59. The lowest BCUT2D eigenvalue weighted by atomic mass is 9.58. The number of nitrogens with two attached hydrogens (primary N) is 1. The van der Waals surface area contributed by atoms with Gasteiger partial charge in [0.2, 0.25) is 11.6 Å². The van der Waals surface area contributed by atoms with Crippen molar-refractivity contribution < 1.29 is 39.6 Å². The number of phenolic OH excluding ortho intramolecular Hbond substituents is 1. The molecule has 0 saturated heterocycles. The van der Waals surface area contributed by atoms with Gasteiger partial charge in [-0.1, -0.05) is 17.3 Å². The van der Waals surface area contributed by atoms with Gasteiger partial charge in [0, 0.05) is 5.57 Å². The fourth-order valence-corrected chi connectivity index (χ4v) is 4.63. The number of allylic oxidation sites excluding steroid dienone is 1. The van der Waals surface area contributed by atoms with Gasteiger partial charge in [-0.2, -0.15) is 0 Å². The first-order chi connectivity index (χ1) is 14.1. The van der Waals surface area contributed by atoms with Gasteiger partial charge in [-0.05, 0) is 30.4 Å². The molecule has 0 unspecified atom stereocenters. The second-order valence-corrected chi connectivity index (χ2v) is 7.43. The molecule has 3 aliphatic rings. The smallest absolute Gasteiger partial charge is 0.256 e. The molecule has 0 aromatic heterocycles. The van der Waals surface area contributed by atoms with Gasteiger partial charge in [0.25, 0.3) is 5.91 Å². The number of aliphatic hydroxyl groups is 3. The van der Waals surface area contributed by atoms with Crippen molar-refractivity contribution in [1.82, 2.24) is 0 Å². The molecule has 1 amide bonds. The van der Waals surface area contributed by atoms with Crippen molar-refractivity contribution in [2.75, 3.05) is 7.11 Å². The Bertz CT molecular complexity index is 1120. The van der Waals surface area contributed by atoms with Crippen molar-refractivity contribution in [1.29, 1.82) is 0 Å². The molecule has 0 bridgehead atoms. The minimum Gasteiger partial charge on any atom is -0.507 e. The van der Waals surface area contributed by atoms with Crippen LogP contribution in [0.15, 0.2) is 40.3 Å². The monoisotopic (exact) mass is 414 g/mol. The highest BCUT2D eigenvalue weighted by molar-refractivity contribution is 6.38. The normalized spacial score (nSPS) is 29.5.